The van der Waals surface area contributed by atoms with Gasteiger partial charge in [-0.2, -0.15) is 15.2 Å². The number of carbonyl (C=O) groups excluding carboxylic acids is 1. The highest BCUT2D eigenvalue weighted by molar-refractivity contribution is 5.87. The van der Waals surface area contributed by atoms with Gasteiger partial charge in [0.2, 0.25) is 5.91 Å². The van der Waals surface area contributed by atoms with Crippen molar-refractivity contribution in [2.75, 3.05) is 44.7 Å². The molecule has 3 heterocycles. The molecular weight excluding hydrogens is 512 g/mol. The van der Waals surface area contributed by atoms with Crippen molar-refractivity contribution in [1.29, 1.82) is 5.26 Å². The summed E-state index contributed by atoms with van der Waals surface area (Å²) < 4.78 is 6.36. The SMILES string of the molecule is C=CC(=O)N1CCN(c2nc(OCC3CCCN3C)nc3c2CCC2(CC4=CC=CCC4CC2C)C3)CC1CC#N. The Morgan fingerprint density at radius 2 is 2.15 bits per heavy atom. The minimum absolute atomic E-state index is 0.113. The number of aromatic nitrogens is 2. The summed E-state index contributed by atoms with van der Waals surface area (Å²) in [6.45, 7) is 9.61. The quantitative estimate of drug-likeness (QED) is 0.478. The zero-order valence-electron chi connectivity index (χ0n) is 24.7. The molecule has 0 radical (unpaired) electrons. The molecule has 2 saturated heterocycles. The van der Waals surface area contributed by atoms with Crippen molar-refractivity contribution in [2.45, 2.75) is 76.8 Å². The predicted octanol–water partition coefficient (Wildman–Crippen LogP) is 4.47. The molecule has 3 aliphatic carbocycles. The average Bonchev–Trinajstić information content (AvgIpc) is 3.40. The van der Waals surface area contributed by atoms with Gasteiger partial charge in [-0.15, -0.1) is 0 Å². The number of allylic oxidation sites excluding steroid dienone is 4. The van der Waals surface area contributed by atoms with Crippen LogP contribution in [-0.2, 0) is 17.6 Å². The summed E-state index contributed by atoms with van der Waals surface area (Å²) in [5, 5.41) is 9.54. The Labute approximate surface area is 244 Å². The first-order chi connectivity index (χ1) is 19.9. The van der Waals surface area contributed by atoms with Gasteiger partial charge in [0.15, 0.2) is 0 Å². The molecule has 0 bridgehead atoms. The van der Waals surface area contributed by atoms with E-state index < -0.39 is 0 Å². The van der Waals surface area contributed by atoms with Crippen LogP contribution in [0.3, 0.4) is 0 Å². The van der Waals surface area contributed by atoms with Crippen LogP contribution in [0.5, 0.6) is 6.01 Å². The smallest absolute Gasteiger partial charge is 0.318 e. The number of piperazine rings is 1. The van der Waals surface area contributed by atoms with Crippen LogP contribution >= 0.6 is 0 Å². The molecule has 1 aromatic heterocycles. The molecule has 1 aromatic rings. The number of hydrogen-bond donors (Lipinski definition) is 0. The average molecular weight is 557 g/mol. The number of amides is 1. The fourth-order valence-corrected chi connectivity index (χ4v) is 8.12. The van der Waals surface area contributed by atoms with Gasteiger partial charge in [0, 0.05) is 31.2 Å². The first kappa shape index (κ1) is 28.0. The Morgan fingerprint density at radius 1 is 1.27 bits per heavy atom. The van der Waals surface area contributed by atoms with E-state index in [-0.39, 0.29) is 23.8 Å². The zero-order chi connectivity index (χ0) is 28.6. The number of likely N-dealkylation sites (N-methyl/N-ethyl adjacent to an activating group) is 1. The summed E-state index contributed by atoms with van der Waals surface area (Å²) in [5.41, 5.74) is 4.20. The van der Waals surface area contributed by atoms with E-state index in [2.05, 4.69) is 54.6 Å². The number of fused-ring (bicyclic) bond motifs is 2. The number of carbonyl (C=O) groups is 1. The van der Waals surface area contributed by atoms with Gasteiger partial charge >= 0.3 is 6.01 Å². The van der Waals surface area contributed by atoms with Crippen molar-refractivity contribution in [3.8, 4) is 12.1 Å². The predicted molar refractivity (Wildman–Crippen MR) is 160 cm³/mol. The summed E-state index contributed by atoms with van der Waals surface area (Å²) in [4.78, 5) is 29.1. The summed E-state index contributed by atoms with van der Waals surface area (Å²) >= 11 is 0. The topological polar surface area (TPSA) is 85.6 Å². The lowest BCUT2D eigenvalue weighted by Crippen LogP contribution is -2.55. The first-order valence-corrected chi connectivity index (χ1v) is 15.5. The van der Waals surface area contributed by atoms with E-state index in [0.29, 0.717) is 50.1 Å². The van der Waals surface area contributed by atoms with Gasteiger partial charge in [-0.3, -0.25) is 4.79 Å². The summed E-state index contributed by atoms with van der Waals surface area (Å²) in [6, 6.07) is 2.95. The highest BCUT2D eigenvalue weighted by atomic mass is 16.5. The third kappa shape index (κ3) is 5.41. The van der Waals surface area contributed by atoms with Crippen LogP contribution in [0.1, 0.15) is 63.1 Å². The number of likely N-dealkylation sites (tertiary alicyclic amines) is 1. The van der Waals surface area contributed by atoms with E-state index in [9.17, 15) is 10.1 Å². The molecule has 8 nitrogen and oxygen atoms in total. The van der Waals surface area contributed by atoms with E-state index in [1.165, 1.54) is 30.9 Å². The van der Waals surface area contributed by atoms with Gasteiger partial charge in [0.05, 0.1) is 24.2 Å². The number of ether oxygens (including phenoxy) is 1. The molecule has 1 saturated carbocycles. The maximum atomic E-state index is 12.5. The monoisotopic (exact) mass is 556 g/mol. The molecule has 6 rings (SSSR count). The molecule has 0 N–H and O–H groups in total. The van der Waals surface area contributed by atoms with Gasteiger partial charge in [0.1, 0.15) is 12.4 Å². The van der Waals surface area contributed by atoms with Crippen molar-refractivity contribution < 1.29 is 9.53 Å². The Kier molecular flexibility index (Phi) is 7.91. The zero-order valence-corrected chi connectivity index (χ0v) is 24.7. The lowest BCUT2D eigenvalue weighted by molar-refractivity contribution is -0.128. The lowest BCUT2D eigenvalue weighted by atomic mass is 9.55. The molecule has 2 aliphatic heterocycles. The van der Waals surface area contributed by atoms with Crippen LogP contribution in [0.25, 0.3) is 0 Å². The Balaban J connectivity index is 1.31. The third-order valence-corrected chi connectivity index (χ3v) is 10.7. The minimum atomic E-state index is -0.196. The summed E-state index contributed by atoms with van der Waals surface area (Å²) in [5.74, 6) is 2.15. The molecule has 3 fully saturated rings. The molecule has 1 amide bonds. The third-order valence-electron chi connectivity index (χ3n) is 10.7. The van der Waals surface area contributed by atoms with E-state index in [1.54, 1.807) is 10.5 Å². The van der Waals surface area contributed by atoms with Gasteiger partial charge in [-0.25, -0.2) is 0 Å². The molecule has 218 valence electrons. The number of nitriles is 1. The van der Waals surface area contributed by atoms with Crippen LogP contribution in [0, 0.1) is 28.6 Å². The fourth-order valence-electron chi connectivity index (χ4n) is 8.12. The van der Waals surface area contributed by atoms with Crippen LogP contribution in [-0.4, -0.2) is 77.6 Å². The number of hydrogen-bond acceptors (Lipinski definition) is 7. The van der Waals surface area contributed by atoms with Gasteiger partial charge in [-0.1, -0.05) is 37.3 Å². The Hall–Kier alpha value is -3.18. The van der Waals surface area contributed by atoms with Gasteiger partial charge < -0.3 is 19.4 Å². The summed E-state index contributed by atoms with van der Waals surface area (Å²) in [6.07, 6.45) is 17.5. The van der Waals surface area contributed by atoms with Gasteiger partial charge in [0.25, 0.3) is 0 Å². The van der Waals surface area contributed by atoms with Crippen LogP contribution in [0.4, 0.5) is 5.82 Å². The van der Waals surface area contributed by atoms with Crippen LogP contribution < -0.4 is 9.64 Å². The molecule has 5 aliphatic rings. The molecule has 8 heteroatoms. The minimum Gasteiger partial charge on any atom is -0.462 e. The normalized spacial score (nSPS) is 31.3. The lowest BCUT2D eigenvalue weighted by Gasteiger charge is -2.50. The van der Waals surface area contributed by atoms with Gasteiger partial charge in [-0.05, 0) is 88.3 Å². The van der Waals surface area contributed by atoms with Crippen molar-refractivity contribution in [2.24, 2.45) is 17.3 Å². The molecule has 41 heavy (non-hydrogen) atoms. The molecule has 5 atom stereocenters. The molecule has 0 aromatic carbocycles. The molecule has 1 spiro atoms. The van der Waals surface area contributed by atoms with Crippen molar-refractivity contribution in [3.05, 3.63) is 47.7 Å². The molecular formula is C33H44N6O2. The standard InChI is InChI=1S/C33H44N6O2/c1-4-30(40)39-17-16-38(21-26(39)12-14-34)31-28-11-13-33(19-25-9-6-5-8-24(25)18-23(33)2)20-29(28)35-32(36-31)41-22-27-10-7-15-37(27)3/h4-6,9,23-24,26-27H,1,7-8,10-13,15-22H2,2-3H3. The Bertz CT molecular complexity index is 1280. The van der Waals surface area contributed by atoms with E-state index in [1.807, 2.05) is 0 Å². The highest BCUT2D eigenvalue weighted by Gasteiger charge is 2.46. The number of anilines is 1. The van der Waals surface area contributed by atoms with Crippen molar-refractivity contribution in [3.63, 3.8) is 0 Å². The summed E-state index contributed by atoms with van der Waals surface area (Å²) in [7, 11) is 2.16. The van der Waals surface area contributed by atoms with E-state index >= 15 is 0 Å². The number of nitrogens with zero attached hydrogens (tertiary/aromatic N) is 6. The largest absolute Gasteiger partial charge is 0.462 e. The Morgan fingerprint density at radius 3 is 2.93 bits per heavy atom. The first-order valence-electron chi connectivity index (χ1n) is 15.5. The van der Waals surface area contributed by atoms with E-state index in [4.69, 9.17) is 14.7 Å². The van der Waals surface area contributed by atoms with E-state index in [0.717, 1.165) is 50.2 Å². The highest BCUT2D eigenvalue weighted by Crippen LogP contribution is 2.54. The van der Waals surface area contributed by atoms with Crippen LogP contribution in [0.15, 0.2) is 36.5 Å². The number of rotatable bonds is 6. The maximum absolute atomic E-state index is 12.5. The van der Waals surface area contributed by atoms with Crippen LogP contribution in [0.2, 0.25) is 0 Å². The second kappa shape index (κ2) is 11.6. The van der Waals surface area contributed by atoms with Crippen molar-refractivity contribution in [1.82, 2.24) is 19.8 Å². The second-order valence-electron chi connectivity index (χ2n) is 13.0. The second-order valence-corrected chi connectivity index (χ2v) is 13.0. The fraction of sp³-hybridized carbons (Fsp3) is 0.636. The molecule has 5 unspecified atom stereocenters. The van der Waals surface area contributed by atoms with Crippen molar-refractivity contribution >= 4 is 11.7 Å². The maximum Gasteiger partial charge on any atom is 0.318 e.